The third-order valence-electron chi connectivity index (χ3n) is 4.51. The summed E-state index contributed by atoms with van der Waals surface area (Å²) in [5, 5.41) is 2.45. The third kappa shape index (κ3) is 5.19. The molecule has 1 heterocycles. The maximum absolute atomic E-state index is 12.5. The SMILES string of the molecule is CC(N)C1CCN(C(=O)CNC(=O)c2ccc(C(F)(F)F)cc2)CC1. The zero-order chi connectivity index (χ0) is 18.6. The van der Waals surface area contributed by atoms with Gasteiger partial charge in [0, 0.05) is 24.7 Å². The second-order valence-corrected chi connectivity index (χ2v) is 6.34. The van der Waals surface area contributed by atoms with Crippen molar-refractivity contribution in [2.24, 2.45) is 11.7 Å². The van der Waals surface area contributed by atoms with E-state index in [1.807, 2.05) is 6.92 Å². The van der Waals surface area contributed by atoms with Gasteiger partial charge in [0.1, 0.15) is 0 Å². The van der Waals surface area contributed by atoms with Gasteiger partial charge in [-0.05, 0) is 49.9 Å². The molecule has 3 N–H and O–H groups in total. The highest BCUT2D eigenvalue weighted by Crippen LogP contribution is 2.29. The van der Waals surface area contributed by atoms with Gasteiger partial charge < -0.3 is 16.0 Å². The maximum atomic E-state index is 12.5. The van der Waals surface area contributed by atoms with Gasteiger partial charge in [0.25, 0.3) is 5.91 Å². The van der Waals surface area contributed by atoms with Crippen molar-refractivity contribution >= 4 is 11.8 Å². The number of carbonyl (C=O) groups is 2. The summed E-state index contributed by atoms with van der Waals surface area (Å²) in [7, 11) is 0. The lowest BCUT2D eigenvalue weighted by atomic mass is 9.91. The number of likely N-dealkylation sites (tertiary alicyclic amines) is 1. The number of hydrogen-bond donors (Lipinski definition) is 2. The molecule has 2 rings (SSSR count). The molecule has 1 aliphatic heterocycles. The smallest absolute Gasteiger partial charge is 0.343 e. The van der Waals surface area contributed by atoms with Crippen LogP contribution in [0.3, 0.4) is 0 Å². The fraction of sp³-hybridized carbons (Fsp3) is 0.529. The number of halogens is 3. The van der Waals surface area contributed by atoms with Crippen LogP contribution in [0.1, 0.15) is 35.7 Å². The van der Waals surface area contributed by atoms with Crippen LogP contribution in [0.2, 0.25) is 0 Å². The average Bonchev–Trinajstić information content (AvgIpc) is 2.58. The van der Waals surface area contributed by atoms with E-state index in [1.165, 1.54) is 0 Å². The molecule has 1 aromatic rings. The first-order valence-corrected chi connectivity index (χ1v) is 8.17. The number of nitrogens with zero attached hydrogens (tertiary/aromatic N) is 1. The van der Waals surface area contributed by atoms with E-state index in [0.717, 1.165) is 37.1 Å². The van der Waals surface area contributed by atoms with Crippen LogP contribution < -0.4 is 11.1 Å². The average molecular weight is 357 g/mol. The number of rotatable bonds is 4. The van der Waals surface area contributed by atoms with Crippen molar-refractivity contribution in [3.8, 4) is 0 Å². The normalized spacial score (nSPS) is 17.2. The fourth-order valence-corrected chi connectivity index (χ4v) is 2.85. The summed E-state index contributed by atoms with van der Waals surface area (Å²) in [6, 6.07) is 3.97. The quantitative estimate of drug-likeness (QED) is 0.866. The van der Waals surface area contributed by atoms with Crippen LogP contribution in [0.4, 0.5) is 13.2 Å². The number of hydrogen-bond acceptors (Lipinski definition) is 3. The maximum Gasteiger partial charge on any atom is 0.416 e. The molecule has 1 fully saturated rings. The first kappa shape index (κ1) is 19.2. The van der Waals surface area contributed by atoms with Gasteiger partial charge in [0.2, 0.25) is 5.91 Å². The highest BCUT2D eigenvalue weighted by Gasteiger charge is 2.30. The minimum atomic E-state index is -4.45. The van der Waals surface area contributed by atoms with Gasteiger partial charge in [-0.3, -0.25) is 9.59 Å². The lowest BCUT2D eigenvalue weighted by Gasteiger charge is -2.33. The van der Waals surface area contributed by atoms with Gasteiger partial charge in [0.05, 0.1) is 12.1 Å². The fourth-order valence-electron chi connectivity index (χ4n) is 2.85. The Morgan fingerprint density at radius 2 is 1.80 bits per heavy atom. The first-order chi connectivity index (χ1) is 11.7. The van der Waals surface area contributed by atoms with Crippen molar-refractivity contribution in [3.05, 3.63) is 35.4 Å². The molecular weight excluding hydrogens is 335 g/mol. The van der Waals surface area contributed by atoms with E-state index in [0.29, 0.717) is 19.0 Å². The predicted molar refractivity (Wildman–Crippen MR) is 86.7 cm³/mol. The summed E-state index contributed by atoms with van der Waals surface area (Å²) in [5.74, 6) is -0.387. The molecule has 0 aliphatic carbocycles. The number of carbonyl (C=O) groups excluding carboxylic acids is 2. The molecule has 0 saturated carbocycles. The molecule has 5 nitrogen and oxygen atoms in total. The van der Waals surface area contributed by atoms with Crippen LogP contribution in [0, 0.1) is 5.92 Å². The largest absolute Gasteiger partial charge is 0.416 e. The Balaban J connectivity index is 1.83. The second kappa shape index (κ2) is 7.86. The van der Waals surface area contributed by atoms with Crippen LogP contribution in [0.5, 0.6) is 0 Å². The number of nitrogens with one attached hydrogen (secondary N) is 1. The number of benzene rings is 1. The molecule has 1 aliphatic rings. The lowest BCUT2D eigenvalue weighted by molar-refractivity contribution is -0.137. The molecule has 1 unspecified atom stereocenters. The Labute approximate surface area is 144 Å². The van der Waals surface area contributed by atoms with E-state index in [2.05, 4.69) is 5.32 Å². The Bertz CT molecular complexity index is 607. The van der Waals surface area contributed by atoms with Crippen LogP contribution in [-0.2, 0) is 11.0 Å². The Hall–Kier alpha value is -2.09. The summed E-state index contributed by atoms with van der Waals surface area (Å²) >= 11 is 0. The zero-order valence-corrected chi connectivity index (χ0v) is 14.0. The molecule has 138 valence electrons. The Kier molecular flexibility index (Phi) is 6.05. The zero-order valence-electron chi connectivity index (χ0n) is 14.0. The molecule has 0 aromatic heterocycles. The summed E-state index contributed by atoms with van der Waals surface area (Å²) in [6.07, 6.45) is -2.79. The molecule has 0 spiro atoms. The van der Waals surface area contributed by atoms with Crippen molar-refractivity contribution in [3.63, 3.8) is 0 Å². The van der Waals surface area contributed by atoms with Gasteiger partial charge in [-0.2, -0.15) is 13.2 Å². The highest BCUT2D eigenvalue weighted by atomic mass is 19.4. The Morgan fingerprint density at radius 1 is 1.24 bits per heavy atom. The van der Waals surface area contributed by atoms with E-state index in [4.69, 9.17) is 5.73 Å². The van der Waals surface area contributed by atoms with Crippen molar-refractivity contribution in [1.29, 1.82) is 0 Å². The van der Waals surface area contributed by atoms with Gasteiger partial charge in [-0.25, -0.2) is 0 Å². The Morgan fingerprint density at radius 3 is 2.28 bits per heavy atom. The van der Waals surface area contributed by atoms with E-state index in [9.17, 15) is 22.8 Å². The summed E-state index contributed by atoms with van der Waals surface area (Å²) < 4.78 is 37.5. The van der Waals surface area contributed by atoms with E-state index < -0.39 is 17.6 Å². The molecule has 1 atom stereocenters. The number of piperidine rings is 1. The van der Waals surface area contributed by atoms with Gasteiger partial charge in [-0.15, -0.1) is 0 Å². The van der Waals surface area contributed by atoms with Crippen LogP contribution in [0.25, 0.3) is 0 Å². The summed E-state index contributed by atoms with van der Waals surface area (Å²) in [6.45, 7) is 2.97. The van der Waals surface area contributed by atoms with Crippen molar-refractivity contribution < 1.29 is 22.8 Å². The molecule has 2 amide bonds. The van der Waals surface area contributed by atoms with E-state index >= 15 is 0 Å². The number of alkyl halides is 3. The highest BCUT2D eigenvalue weighted by molar-refractivity contribution is 5.96. The van der Waals surface area contributed by atoms with Crippen LogP contribution in [0.15, 0.2) is 24.3 Å². The standard InChI is InChI=1S/C17H22F3N3O2/c1-11(21)12-6-8-23(9-7-12)15(24)10-22-16(25)13-2-4-14(5-3-13)17(18,19)20/h2-5,11-12H,6-10,21H2,1H3,(H,22,25). The van der Waals surface area contributed by atoms with Crippen molar-refractivity contribution in [2.45, 2.75) is 32.0 Å². The van der Waals surface area contributed by atoms with Crippen LogP contribution >= 0.6 is 0 Å². The minimum absolute atomic E-state index is 0.0801. The number of amides is 2. The van der Waals surface area contributed by atoms with Gasteiger partial charge in [0.15, 0.2) is 0 Å². The third-order valence-corrected chi connectivity index (χ3v) is 4.51. The summed E-state index contributed by atoms with van der Waals surface area (Å²) in [4.78, 5) is 25.8. The number of nitrogens with two attached hydrogens (primary N) is 1. The monoisotopic (exact) mass is 357 g/mol. The lowest BCUT2D eigenvalue weighted by Crippen LogP contribution is -2.46. The van der Waals surface area contributed by atoms with Crippen LogP contribution in [-0.4, -0.2) is 42.4 Å². The van der Waals surface area contributed by atoms with E-state index in [1.54, 1.807) is 4.90 Å². The van der Waals surface area contributed by atoms with Gasteiger partial charge >= 0.3 is 6.18 Å². The molecule has 1 aromatic carbocycles. The molecule has 1 saturated heterocycles. The molecule has 25 heavy (non-hydrogen) atoms. The second-order valence-electron chi connectivity index (χ2n) is 6.34. The van der Waals surface area contributed by atoms with E-state index in [-0.39, 0.29) is 24.1 Å². The minimum Gasteiger partial charge on any atom is -0.343 e. The van der Waals surface area contributed by atoms with Gasteiger partial charge in [-0.1, -0.05) is 0 Å². The topological polar surface area (TPSA) is 75.4 Å². The molecule has 0 bridgehead atoms. The van der Waals surface area contributed by atoms with Crippen molar-refractivity contribution in [2.75, 3.05) is 19.6 Å². The molecular formula is C17H22F3N3O2. The molecule has 8 heteroatoms. The van der Waals surface area contributed by atoms with Crippen molar-refractivity contribution in [1.82, 2.24) is 10.2 Å². The first-order valence-electron chi connectivity index (χ1n) is 8.17. The summed E-state index contributed by atoms with van der Waals surface area (Å²) in [5.41, 5.74) is 5.12. The molecule has 0 radical (unpaired) electrons. The predicted octanol–water partition coefficient (Wildman–Crippen LogP) is 2.02.